The van der Waals surface area contributed by atoms with E-state index in [0.717, 1.165) is 4.31 Å². The number of nitrogens with one attached hydrogen (secondary N) is 1. The summed E-state index contributed by atoms with van der Waals surface area (Å²) in [5, 5.41) is 3.10. The zero-order valence-electron chi connectivity index (χ0n) is 17.2. The largest absolute Gasteiger partial charge is 0.323 e. The van der Waals surface area contributed by atoms with E-state index in [9.17, 15) is 18.0 Å². The van der Waals surface area contributed by atoms with Gasteiger partial charge in [-0.15, -0.1) is 0 Å². The van der Waals surface area contributed by atoms with Crippen molar-refractivity contribution in [2.24, 2.45) is 0 Å². The highest BCUT2D eigenvalue weighted by Crippen LogP contribution is 2.33. The fourth-order valence-electron chi connectivity index (χ4n) is 3.55. The molecule has 0 saturated carbocycles. The van der Waals surface area contributed by atoms with Crippen LogP contribution in [0.1, 0.15) is 5.56 Å². The van der Waals surface area contributed by atoms with Crippen molar-refractivity contribution in [2.75, 3.05) is 27.6 Å². The Balaban J connectivity index is 1.78. The molecule has 0 fully saturated rings. The van der Waals surface area contributed by atoms with Gasteiger partial charge >= 0.3 is 0 Å². The second-order valence-corrected chi connectivity index (χ2v) is 9.52. The van der Waals surface area contributed by atoms with Gasteiger partial charge in [-0.3, -0.25) is 18.8 Å². The lowest BCUT2D eigenvalue weighted by Crippen LogP contribution is -2.48. The minimum Gasteiger partial charge on any atom is -0.323 e. The van der Waals surface area contributed by atoms with Crippen LogP contribution in [-0.4, -0.2) is 33.3 Å². The highest BCUT2D eigenvalue weighted by molar-refractivity contribution is 7.92. The van der Waals surface area contributed by atoms with Gasteiger partial charge in [0, 0.05) is 5.02 Å². The average molecular weight is 470 g/mol. The number of fused-ring (bicyclic) bond motifs is 1. The normalized spacial score (nSPS) is 13.3. The number of para-hydroxylation sites is 2. The Morgan fingerprint density at radius 1 is 1.03 bits per heavy atom. The van der Waals surface area contributed by atoms with Crippen LogP contribution in [0.2, 0.25) is 5.02 Å². The molecule has 0 bridgehead atoms. The molecule has 0 aromatic heterocycles. The van der Waals surface area contributed by atoms with Crippen LogP contribution >= 0.6 is 11.6 Å². The van der Waals surface area contributed by atoms with Crippen molar-refractivity contribution in [1.29, 1.82) is 0 Å². The number of benzene rings is 3. The van der Waals surface area contributed by atoms with Gasteiger partial charge in [-0.25, -0.2) is 8.42 Å². The van der Waals surface area contributed by atoms with Crippen LogP contribution in [-0.2, 0) is 19.6 Å². The van der Waals surface area contributed by atoms with Crippen molar-refractivity contribution in [3.63, 3.8) is 0 Å². The van der Waals surface area contributed by atoms with Crippen LogP contribution in [0.5, 0.6) is 0 Å². The summed E-state index contributed by atoms with van der Waals surface area (Å²) in [6.45, 7) is 0.989. The quantitative estimate of drug-likeness (QED) is 0.615. The van der Waals surface area contributed by atoms with Crippen LogP contribution in [0, 0.1) is 6.92 Å². The van der Waals surface area contributed by atoms with Gasteiger partial charge in [-0.2, -0.15) is 0 Å². The van der Waals surface area contributed by atoms with Crippen molar-refractivity contribution < 1.29 is 18.0 Å². The Labute approximate surface area is 191 Å². The third-order valence-corrected chi connectivity index (χ3v) is 7.37. The number of halogens is 1. The van der Waals surface area contributed by atoms with E-state index in [-0.39, 0.29) is 17.3 Å². The Morgan fingerprint density at radius 2 is 1.72 bits per heavy atom. The molecule has 0 spiro atoms. The molecule has 4 rings (SSSR count). The minimum atomic E-state index is -4.09. The molecule has 32 heavy (non-hydrogen) atoms. The van der Waals surface area contributed by atoms with Crippen molar-refractivity contribution in [3.8, 4) is 0 Å². The fraction of sp³-hybridized carbons (Fsp3) is 0.130. The lowest BCUT2D eigenvalue weighted by atomic mass is 10.2. The van der Waals surface area contributed by atoms with Gasteiger partial charge in [-0.05, 0) is 48.9 Å². The number of nitrogens with zero attached hydrogens (tertiary/aromatic N) is 2. The zero-order chi connectivity index (χ0) is 22.9. The Kier molecular flexibility index (Phi) is 5.90. The number of sulfonamides is 1. The number of carbonyl (C=O) groups excluding carboxylic acids is 2. The van der Waals surface area contributed by atoms with Crippen molar-refractivity contribution in [2.45, 2.75) is 11.8 Å². The average Bonchev–Trinajstić information content (AvgIpc) is 2.79. The molecule has 7 nitrogen and oxygen atoms in total. The minimum absolute atomic E-state index is 0.0453. The van der Waals surface area contributed by atoms with Gasteiger partial charge in [0.05, 0.1) is 22.0 Å². The predicted molar refractivity (Wildman–Crippen MR) is 125 cm³/mol. The van der Waals surface area contributed by atoms with Crippen LogP contribution in [0.25, 0.3) is 0 Å². The molecule has 1 aliphatic rings. The molecule has 9 heteroatoms. The van der Waals surface area contributed by atoms with E-state index in [1.807, 2.05) is 0 Å². The third-order valence-electron chi connectivity index (χ3n) is 5.19. The van der Waals surface area contributed by atoms with E-state index in [1.165, 1.54) is 17.0 Å². The first-order chi connectivity index (χ1) is 15.3. The second kappa shape index (κ2) is 8.64. The topological polar surface area (TPSA) is 86.8 Å². The van der Waals surface area contributed by atoms with E-state index in [4.69, 9.17) is 11.6 Å². The lowest BCUT2D eigenvalue weighted by molar-refractivity contribution is -0.121. The van der Waals surface area contributed by atoms with Crippen molar-refractivity contribution in [1.82, 2.24) is 0 Å². The first kappa shape index (κ1) is 21.9. The molecule has 0 saturated heterocycles. The first-order valence-electron chi connectivity index (χ1n) is 9.81. The van der Waals surface area contributed by atoms with Gasteiger partial charge in [0.1, 0.15) is 13.1 Å². The van der Waals surface area contributed by atoms with Crippen LogP contribution in [0.3, 0.4) is 0 Å². The zero-order valence-corrected chi connectivity index (χ0v) is 18.7. The molecule has 2 amide bonds. The molecule has 164 valence electrons. The molecule has 1 heterocycles. The van der Waals surface area contributed by atoms with Crippen molar-refractivity contribution in [3.05, 3.63) is 83.4 Å². The van der Waals surface area contributed by atoms with Gasteiger partial charge < -0.3 is 5.32 Å². The monoisotopic (exact) mass is 469 g/mol. The molecule has 1 N–H and O–H groups in total. The highest BCUT2D eigenvalue weighted by Gasteiger charge is 2.33. The number of rotatable bonds is 5. The summed E-state index contributed by atoms with van der Waals surface area (Å²) < 4.78 is 28.2. The maximum Gasteiger partial charge on any atom is 0.264 e. The molecule has 0 aliphatic carbocycles. The van der Waals surface area contributed by atoms with Crippen LogP contribution in [0.15, 0.2) is 77.7 Å². The number of hydrogen-bond acceptors (Lipinski definition) is 4. The van der Waals surface area contributed by atoms with Crippen LogP contribution < -0.4 is 14.5 Å². The number of carbonyl (C=O) groups is 2. The third kappa shape index (κ3) is 4.06. The standard InChI is InChI=1S/C23H20ClN3O4S/c1-16-18(24)10-7-13-20(16)27(32(30,31)17-8-3-2-4-9-17)15-23(29)26-14-22(28)25-19-11-5-6-12-21(19)26/h2-13H,14-15H2,1H3,(H,25,28). The Morgan fingerprint density at radius 3 is 2.47 bits per heavy atom. The first-order valence-corrected chi connectivity index (χ1v) is 11.6. The molecule has 0 unspecified atom stereocenters. The van der Waals surface area contributed by atoms with E-state index < -0.39 is 22.5 Å². The van der Waals surface area contributed by atoms with E-state index in [1.54, 1.807) is 67.6 Å². The highest BCUT2D eigenvalue weighted by atomic mass is 35.5. The number of amides is 2. The summed E-state index contributed by atoms with van der Waals surface area (Å²) in [4.78, 5) is 26.9. The maximum absolute atomic E-state index is 13.6. The maximum atomic E-state index is 13.6. The molecular weight excluding hydrogens is 450 g/mol. The van der Waals surface area contributed by atoms with Crippen LogP contribution in [0.4, 0.5) is 17.1 Å². The molecule has 1 aliphatic heterocycles. The molecular formula is C23H20ClN3O4S. The summed E-state index contributed by atoms with van der Waals surface area (Å²) in [6.07, 6.45) is 0. The molecule has 3 aromatic carbocycles. The Bertz CT molecular complexity index is 1300. The number of anilines is 3. The predicted octanol–water partition coefficient (Wildman–Crippen LogP) is 3.83. The van der Waals surface area contributed by atoms with Gasteiger partial charge in [0.25, 0.3) is 10.0 Å². The van der Waals surface area contributed by atoms with E-state index in [2.05, 4.69) is 5.32 Å². The summed E-state index contributed by atoms with van der Waals surface area (Å²) in [6, 6.07) is 19.6. The summed E-state index contributed by atoms with van der Waals surface area (Å²) in [7, 11) is -4.09. The molecule has 0 atom stereocenters. The summed E-state index contributed by atoms with van der Waals surface area (Å²) in [5.74, 6) is -0.889. The van der Waals surface area contributed by atoms with E-state index in [0.29, 0.717) is 27.6 Å². The lowest BCUT2D eigenvalue weighted by Gasteiger charge is -2.32. The van der Waals surface area contributed by atoms with Gasteiger partial charge in [-0.1, -0.05) is 48.0 Å². The molecule has 3 aromatic rings. The second-order valence-electron chi connectivity index (χ2n) is 7.25. The summed E-state index contributed by atoms with van der Waals surface area (Å²) in [5.41, 5.74) is 1.83. The smallest absolute Gasteiger partial charge is 0.264 e. The fourth-order valence-corrected chi connectivity index (χ4v) is 5.21. The SMILES string of the molecule is Cc1c(Cl)cccc1N(CC(=O)N1CC(=O)Nc2ccccc21)S(=O)(=O)c1ccccc1. The number of hydrogen-bond donors (Lipinski definition) is 1. The molecule has 0 radical (unpaired) electrons. The van der Waals surface area contributed by atoms with Gasteiger partial charge in [0.2, 0.25) is 11.8 Å². The summed E-state index contributed by atoms with van der Waals surface area (Å²) >= 11 is 6.26. The van der Waals surface area contributed by atoms with Crippen molar-refractivity contribution >= 4 is 50.5 Å². The van der Waals surface area contributed by atoms with E-state index >= 15 is 0 Å². The Hall–Kier alpha value is -3.36. The van der Waals surface area contributed by atoms with Gasteiger partial charge in [0.15, 0.2) is 0 Å².